The normalized spacial score (nSPS) is 23.5. The molecule has 1 aliphatic rings. The van der Waals surface area contributed by atoms with Crippen LogP contribution in [0.1, 0.15) is 32.3 Å². The van der Waals surface area contributed by atoms with Crippen molar-refractivity contribution in [3.63, 3.8) is 0 Å². The number of benzene rings is 1. The maximum atomic E-state index is 5.78. The Hall–Kier alpha value is -1.02. The number of hydrogen-bond donors (Lipinski definition) is 2. The minimum Gasteiger partial charge on any atom is -0.385 e. The third kappa shape index (κ3) is 3.74. The van der Waals surface area contributed by atoms with Crippen molar-refractivity contribution in [1.82, 2.24) is 0 Å². The van der Waals surface area contributed by atoms with Crippen molar-refractivity contribution in [3.05, 3.63) is 29.8 Å². The third-order valence-electron chi connectivity index (χ3n) is 3.46. The predicted octanol–water partition coefficient (Wildman–Crippen LogP) is 3.03. The molecule has 2 heteroatoms. The molecule has 0 aliphatic heterocycles. The molecule has 0 spiro atoms. The van der Waals surface area contributed by atoms with Gasteiger partial charge in [0, 0.05) is 18.3 Å². The molecule has 1 aromatic rings. The van der Waals surface area contributed by atoms with E-state index in [4.69, 9.17) is 5.73 Å². The van der Waals surface area contributed by atoms with E-state index in [0.29, 0.717) is 6.04 Å². The highest BCUT2D eigenvalue weighted by Crippen LogP contribution is 2.25. The second-order valence-corrected chi connectivity index (χ2v) is 5.77. The van der Waals surface area contributed by atoms with Crippen molar-refractivity contribution in [1.29, 1.82) is 0 Å². The van der Waals surface area contributed by atoms with Gasteiger partial charge in [-0.25, -0.2) is 0 Å². The zero-order valence-electron chi connectivity index (χ0n) is 10.9. The van der Waals surface area contributed by atoms with E-state index in [0.717, 1.165) is 24.8 Å². The van der Waals surface area contributed by atoms with Gasteiger partial charge in [0.15, 0.2) is 0 Å². The van der Waals surface area contributed by atoms with Crippen LogP contribution in [-0.2, 0) is 6.42 Å². The van der Waals surface area contributed by atoms with Crippen molar-refractivity contribution < 1.29 is 0 Å². The summed E-state index contributed by atoms with van der Waals surface area (Å²) < 4.78 is 0. The fraction of sp³-hybridized carbons (Fsp3) is 0.600. The summed E-state index contributed by atoms with van der Waals surface area (Å²) in [5, 5.41) is 3.49. The SMILES string of the molecule is CC(C)Cc1ccc(NCC2CC(N)C2)cc1. The van der Waals surface area contributed by atoms with Crippen LogP contribution in [0.2, 0.25) is 0 Å². The van der Waals surface area contributed by atoms with Crippen LogP contribution in [0.4, 0.5) is 5.69 Å². The maximum absolute atomic E-state index is 5.78. The standard InChI is InChI=1S/C15H24N2/c1-11(2)7-12-3-5-15(6-4-12)17-10-13-8-14(16)9-13/h3-6,11,13-14,17H,7-10,16H2,1-2H3. The van der Waals surface area contributed by atoms with Gasteiger partial charge >= 0.3 is 0 Å². The Morgan fingerprint density at radius 2 is 1.88 bits per heavy atom. The minimum absolute atomic E-state index is 0.454. The van der Waals surface area contributed by atoms with E-state index in [-0.39, 0.29) is 0 Å². The van der Waals surface area contributed by atoms with Crippen LogP contribution in [0.5, 0.6) is 0 Å². The number of rotatable bonds is 5. The first-order chi connectivity index (χ1) is 8.13. The molecule has 0 radical (unpaired) electrons. The first-order valence-corrected chi connectivity index (χ1v) is 6.72. The molecule has 0 atom stereocenters. The Bertz CT molecular complexity index is 336. The Morgan fingerprint density at radius 1 is 1.24 bits per heavy atom. The van der Waals surface area contributed by atoms with Gasteiger partial charge in [0.2, 0.25) is 0 Å². The maximum Gasteiger partial charge on any atom is 0.0340 e. The summed E-state index contributed by atoms with van der Waals surface area (Å²) in [6.07, 6.45) is 3.52. The van der Waals surface area contributed by atoms with Crippen molar-refractivity contribution in [2.24, 2.45) is 17.6 Å². The molecule has 1 aliphatic carbocycles. The predicted molar refractivity (Wildman–Crippen MR) is 74.2 cm³/mol. The van der Waals surface area contributed by atoms with E-state index in [2.05, 4.69) is 43.4 Å². The Labute approximate surface area is 105 Å². The van der Waals surface area contributed by atoms with Gasteiger partial charge in [-0.3, -0.25) is 0 Å². The Morgan fingerprint density at radius 3 is 2.41 bits per heavy atom. The Balaban J connectivity index is 1.77. The van der Waals surface area contributed by atoms with E-state index in [9.17, 15) is 0 Å². The monoisotopic (exact) mass is 232 g/mol. The molecular formula is C15H24N2. The number of nitrogens with one attached hydrogen (secondary N) is 1. The van der Waals surface area contributed by atoms with Gasteiger partial charge < -0.3 is 11.1 Å². The average molecular weight is 232 g/mol. The minimum atomic E-state index is 0.454. The van der Waals surface area contributed by atoms with Crippen LogP contribution in [0, 0.1) is 11.8 Å². The van der Waals surface area contributed by atoms with E-state index in [1.165, 1.54) is 24.1 Å². The van der Waals surface area contributed by atoms with E-state index >= 15 is 0 Å². The lowest BCUT2D eigenvalue weighted by Crippen LogP contribution is -2.39. The summed E-state index contributed by atoms with van der Waals surface area (Å²) in [7, 11) is 0. The van der Waals surface area contributed by atoms with Crippen LogP contribution in [0.3, 0.4) is 0 Å². The summed E-state index contributed by atoms with van der Waals surface area (Å²) in [6.45, 7) is 5.58. The van der Waals surface area contributed by atoms with E-state index < -0.39 is 0 Å². The zero-order valence-corrected chi connectivity index (χ0v) is 10.9. The van der Waals surface area contributed by atoms with Crippen molar-refractivity contribution in [3.8, 4) is 0 Å². The molecule has 1 fully saturated rings. The van der Waals surface area contributed by atoms with Gasteiger partial charge in [-0.05, 0) is 48.8 Å². The molecule has 17 heavy (non-hydrogen) atoms. The number of anilines is 1. The van der Waals surface area contributed by atoms with Gasteiger partial charge in [0.1, 0.15) is 0 Å². The molecule has 0 amide bonds. The molecular weight excluding hydrogens is 208 g/mol. The lowest BCUT2D eigenvalue weighted by atomic mass is 9.81. The van der Waals surface area contributed by atoms with Gasteiger partial charge in [-0.1, -0.05) is 26.0 Å². The van der Waals surface area contributed by atoms with Gasteiger partial charge in [0.25, 0.3) is 0 Å². The summed E-state index contributed by atoms with van der Waals surface area (Å²) in [5.74, 6) is 1.51. The molecule has 2 nitrogen and oxygen atoms in total. The summed E-state index contributed by atoms with van der Waals surface area (Å²) in [6, 6.07) is 9.30. The van der Waals surface area contributed by atoms with Crippen LogP contribution < -0.4 is 11.1 Å². The van der Waals surface area contributed by atoms with E-state index in [1.54, 1.807) is 0 Å². The largest absolute Gasteiger partial charge is 0.385 e. The third-order valence-corrected chi connectivity index (χ3v) is 3.46. The molecule has 94 valence electrons. The average Bonchev–Trinajstić information content (AvgIpc) is 2.24. The lowest BCUT2D eigenvalue weighted by molar-refractivity contribution is 0.280. The molecule has 1 aromatic carbocycles. The van der Waals surface area contributed by atoms with Gasteiger partial charge in [-0.2, -0.15) is 0 Å². The lowest BCUT2D eigenvalue weighted by Gasteiger charge is -2.32. The highest BCUT2D eigenvalue weighted by Gasteiger charge is 2.25. The topological polar surface area (TPSA) is 38.0 Å². The molecule has 1 saturated carbocycles. The molecule has 0 saturated heterocycles. The molecule has 3 N–H and O–H groups in total. The first-order valence-electron chi connectivity index (χ1n) is 6.72. The van der Waals surface area contributed by atoms with Gasteiger partial charge in [0.05, 0.1) is 0 Å². The summed E-state index contributed by atoms with van der Waals surface area (Å²) in [4.78, 5) is 0. The van der Waals surface area contributed by atoms with Crippen molar-refractivity contribution >= 4 is 5.69 Å². The van der Waals surface area contributed by atoms with Crippen molar-refractivity contribution in [2.45, 2.75) is 39.2 Å². The smallest absolute Gasteiger partial charge is 0.0340 e. The molecule has 0 bridgehead atoms. The second kappa shape index (κ2) is 5.54. The summed E-state index contributed by atoms with van der Waals surface area (Å²) >= 11 is 0. The highest BCUT2D eigenvalue weighted by atomic mass is 14.9. The molecule has 0 aromatic heterocycles. The first kappa shape index (κ1) is 12.4. The van der Waals surface area contributed by atoms with Crippen LogP contribution in [0.15, 0.2) is 24.3 Å². The quantitative estimate of drug-likeness (QED) is 0.819. The van der Waals surface area contributed by atoms with Crippen LogP contribution >= 0.6 is 0 Å². The Kier molecular flexibility index (Phi) is 4.06. The van der Waals surface area contributed by atoms with Gasteiger partial charge in [-0.15, -0.1) is 0 Å². The zero-order chi connectivity index (χ0) is 12.3. The fourth-order valence-corrected chi connectivity index (χ4v) is 2.45. The van der Waals surface area contributed by atoms with Crippen LogP contribution in [0.25, 0.3) is 0 Å². The molecule has 0 heterocycles. The second-order valence-electron chi connectivity index (χ2n) is 5.77. The van der Waals surface area contributed by atoms with Crippen molar-refractivity contribution in [2.75, 3.05) is 11.9 Å². The molecule has 2 rings (SSSR count). The van der Waals surface area contributed by atoms with E-state index in [1.807, 2.05) is 0 Å². The molecule has 0 unspecified atom stereocenters. The number of hydrogen-bond acceptors (Lipinski definition) is 2. The summed E-state index contributed by atoms with van der Waals surface area (Å²) in [5.41, 5.74) is 8.44. The fourth-order valence-electron chi connectivity index (χ4n) is 2.45. The van der Waals surface area contributed by atoms with Crippen LogP contribution in [-0.4, -0.2) is 12.6 Å². The number of nitrogens with two attached hydrogens (primary N) is 1. The highest BCUT2D eigenvalue weighted by molar-refractivity contribution is 5.44.